The average molecular weight is 293 g/mol. The summed E-state index contributed by atoms with van der Waals surface area (Å²) in [6.45, 7) is 2.71. The van der Waals surface area contributed by atoms with Crippen molar-refractivity contribution in [3.63, 3.8) is 0 Å². The Morgan fingerprint density at radius 3 is 2.62 bits per heavy atom. The minimum Gasteiger partial charge on any atom is -0.393 e. The maximum atomic E-state index is 12.5. The molecule has 3 N–H and O–H groups in total. The molecule has 0 radical (unpaired) electrons. The highest BCUT2D eigenvalue weighted by Gasteiger charge is 2.30. The highest BCUT2D eigenvalue weighted by molar-refractivity contribution is 6.00. The maximum Gasteiger partial charge on any atom is 0.304 e. The quantitative estimate of drug-likeness (QED) is 0.497. The number of hydrogen-bond donors (Lipinski definition) is 2. The number of carbonyl (C=O) groups is 1. The highest BCUT2D eigenvalue weighted by atomic mass is 16.6. The number of nitro benzene ring substituents is 1. The van der Waals surface area contributed by atoms with Gasteiger partial charge in [0, 0.05) is 13.1 Å². The first-order valence-corrected chi connectivity index (χ1v) is 6.92. The van der Waals surface area contributed by atoms with Crippen LogP contribution in [0.4, 0.5) is 11.4 Å². The van der Waals surface area contributed by atoms with Crippen LogP contribution < -0.4 is 5.73 Å². The molecule has 1 heterocycles. The summed E-state index contributed by atoms with van der Waals surface area (Å²) in [6, 6.07) is 4.38. The lowest BCUT2D eigenvalue weighted by molar-refractivity contribution is -0.384. The van der Waals surface area contributed by atoms with Crippen LogP contribution in [0.15, 0.2) is 18.2 Å². The van der Waals surface area contributed by atoms with E-state index in [4.69, 9.17) is 5.73 Å². The van der Waals surface area contributed by atoms with Gasteiger partial charge in [-0.25, -0.2) is 0 Å². The lowest BCUT2D eigenvalue weighted by atomic mass is 9.92. The third-order valence-electron chi connectivity index (χ3n) is 3.99. The van der Waals surface area contributed by atoms with E-state index in [1.54, 1.807) is 11.8 Å². The molecule has 1 aromatic rings. The van der Waals surface area contributed by atoms with E-state index in [-0.39, 0.29) is 28.8 Å². The van der Waals surface area contributed by atoms with Crippen LogP contribution in [-0.4, -0.2) is 40.0 Å². The molecule has 0 saturated carbocycles. The molecule has 7 nitrogen and oxygen atoms in total. The van der Waals surface area contributed by atoms with Crippen molar-refractivity contribution in [1.29, 1.82) is 0 Å². The third kappa shape index (κ3) is 3.13. The standard InChI is InChI=1S/C14H19N3O4/c1-9(18)10-5-7-16(8-6-10)14(19)11-3-2-4-12(15)13(11)17(20)21/h2-4,9-10,18H,5-8,15H2,1H3. The largest absolute Gasteiger partial charge is 0.393 e. The number of benzene rings is 1. The van der Waals surface area contributed by atoms with E-state index in [2.05, 4.69) is 0 Å². The summed E-state index contributed by atoms with van der Waals surface area (Å²) >= 11 is 0. The van der Waals surface area contributed by atoms with Crippen molar-refractivity contribution >= 4 is 17.3 Å². The van der Waals surface area contributed by atoms with Crippen LogP contribution >= 0.6 is 0 Å². The second kappa shape index (κ2) is 6.09. The van der Waals surface area contributed by atoms with Crippen molar-refractivity contribution in [2.24, 2.45) is 5.92 Å². The van der Waals surface area contributed by atoms with Crippen molar-refractivity contribution in [1.82, 2.24) is 4.90 Å². The lowest BCUT2D eigenvalue weighted by Gasteiger charge is -2.33. The Hall–Kier alpha value is -2.15. The van der Waals surface area contributed by atoms with Crippen LogP contribution in [0.25, 0.3) is 0 Å². The SMILES string of the molecule is CC(O)C1CCN(C(=O)c2cccc(N)c2[N+](=O)[O-])CC1. The van der Waals surface area contributed by atoms with E-state index in [9.17, 15) is 20.0 Å². The van der Waals surface area contributed by atoms with Crippen LogP contribution in [-0.2, 0) is 0 Å². The smallest absolute Gasteiger partial charge is 0.304 e. The van der Waals surface area contributed by atoms with Gasteiger partial charge in [0.2, 0.25) is 0 Å². The molecule has 1 amide bonds. The first-order chi connectivity index (χ1) is 9.91. The van der Waals surface area contributed by atoms with Crippen molar-refractivity contribution in [3.05, 3.63) is 33.9 Å². The van der Waals surface area contributed by atoms with Gasteiger partial charge in [0.05, 0.1) is 11.0 Å². The fourth-order valence-corrected chi connectivity index (χ4v) is 2.69. The van der Waals surface area contributed by atoms with Gasteiger partial charge in [-0.05, 0) is 37.8 Å². The van der Waals surface area contributed by atoms with Crippen molar-refractivity contribution in [2.75, 3.05) is 18.8 Å². The topological polar surface area (TPSA) is 110 Å². The Balaban J connectivity index is 2.19. The molecule has 0 aromatic heterocycles. The Labute approximate surface area is 122 Å². The van der Waals surface area contributed by atoms with Gasteiger partial charge in [0.1, 0.15) is 11.3 Å². The molecule has 1 atom stereocenters. The van der Waals surface area contributed by atoms with Gasteiger partial charge in [-0.3, -0.25) is 14.9 Å². The van der Waals surface area contributed by atoms with E-state index >= 15 is 0 Å². The number of aliphatic hydroxyl groups is 1. The molecule has 21 heavy (non-hydrogen) atoms. The second-order valence-corrected chi connectivity index (χ2v) is 5.37. The van der Waals surface area contributed by atoms with Crippen LogP contribution in [0.1, 0.15) is 30.1 Å². The average Bonchev–Trinajstić information content (AvgIpc) is 2.46. The number of nitrogens with zero attached hydrogens (tertiary/aromatic N) is 2. The molecule has 0 bridgehead atoms. The predicted molar refractivity (Wildman–Crippen MR) is 77.8 cm³/mol. The van der Waals surface area contributed by atoms with Crippen molar-refractivity contribution in [2.45, 2.75) is 25.9 Å². The normalized spacial score (nSPS) is 17.5. The molecule has 7 heteroatoms. The number of nitro groups is 1. The number of nitrogens with two attached hydrogens (primary N) is 1. The van der Waals surface area contributed by atoms with E-state index in [1.165, 1.54) is 18.2 Å². The number of rotatable bonds is 3. The zero-order chi connectivity index (χ0) is 15.6. The Morgan fingerprint density at radius 2 is 2.10 bits per heavy atom. The predicted octanol–water partition coefficient (Wildman–Crippen LogP) is 1.41. The second-order valence-electron chi connectivity index (χ2n) is 5.37. The van der Waals surface area contributed by atoms with Crippen molar-refractivity contribution in [3.8, 4) is 0 Å². The minimum absolute atomic E-state index is 0.00952. The number of para-hydroxylation sites is 1. The van der Waals surface area contributed by atoms with E-state index in [0.29, 0.717) is 25.9 Å². The summed E-state index contributed by atoms with van der Waals surface area (Å²) in [4.78, 5) is 24.5. The van der Waals surface area contributed by atoms with E-state index < -0.39 is 11.0 Å². The van der Waals surface area contributed by atoms with Crippen LogP contribution in [0.3, 0.4) is 0 Å². The number of amides is 1. The molecule has 1 aromatic carbocycles. The third-order valence-corrected chi connectivity index (χ3v) is 3.99. The summed E-state index contributed by atoms with van der Waals surface area (Å²) in [7, 11) is 0. The summed E-state index contributed by atoms with van der Waals surface area (Å²) in [5, 5.41) is 20.7. The van der Waals surface area contributed by atoms with Gasteiger partial charge >= 0.3 is 5.69 Å². The minimum atomic E-state index is -0.620. The number of aliphatic hydroxyl groups excluding tert-OH is 1. The molecule has 1 saturated heterocycles. The number of hydrogen-bond acceptors (Lipinski definition) is 5. The fraction of sp³-hybridized carbons (Fsp3) is 0.500. The number of likely N-dealkylation sites (tertiary alicyclic amines) is 1. The van der Waals surface area contributed by atoms with E-state index in [1.807, 2.05) is 0 Å². The van der Waals surface area contributed by atoms with Crippen molar-refractivity contribution < 1.29 is 14.8 Å². The fourth-order valence-electron chi connectivity index (χ4n) is 2.69. The first-order valence-electron chi connectivity index (χ1n) is 6.92. The van der Waals surface area contributed by atoms with Crippen LogP contribution in [0.5, 0.6) is 0 Å². The van der Waals surface area contributed by atoms with E-state index in [0.717, 1.165) is 0 Å². The van der Waals surface area contributed by atoms with Gasteiger partial charge < -0.3 is 15.7 Å². The molecule has 114 valence electrons. The molecule has 1 unspecified atom stereocenters. The number of anilines is 1. The van der Waals surface area contributed by atoms with Gasteiger partial charge in [0.25, 0.3) is 5.91 Å². The number of carbonyl (C=O) groups excluding carboxylic acids is 1. The van der Waals surface area contributed by atoms with Crippen LogP contribution in [0.2, 0.25) is 0 Å². The number of piperidine rings is 1. The monoisotopic (exact) mass is 293 g/mol. The Bertz CT molecular complexity index is 551. The molecular formula is C14H19N3O4. The molecule has 1 fully saturated rings. The molecular weight excluding hydrogens is 274 g/mol. The Morgan fingerprint density at radius 1 is 1.48 bits per heavy atom. The molecule has 1 aliphatic rings. The molecule has 1 aliphatic heterocycles. The molecule has 0 spiro atoms. The lowest BCUT2D eigenvalue weighted by Crippen LogP contribution is -2.41. The zero-order valence-corrected chi connectivity index (χ0v) is 11.9. The van der Waals surface area contributed by atoms with Crippen LogP contribution in [0, 0.1) is 16.0 Å². The van der Waals surface area contributed by atoms with Gasteiger partial charge in [-0.1, -0.05) is 6.07 Å². The van der Waals surface area contributed by atoms with Gasteiger partial charge in [0.15, 0.2) is 0 Å². The molecule has 2 rings (SSSR count). The summed E-state index contributed by atoms with van der Waals surface area (Å²) < 4.78 is 0. The zero-order valence-electron chi connectivity index (χ0n) is 11.9. The molecule has 0 aliphatic carbocycles. The van der Waals surface area contributed by atoms with Gasteiger partial charge in [-0.2, -0.15) is 0 Å². The Kier molecular flexibility index (Phi) is 4.42. The summed E-state index contributed by atoms with van der Waals surface area (Å²) in [5.41, 5.74) is 5.29. The maximum absolute atomic E-state index is 12.5. The highest BCUT2D eigenvalue weighted by Crippen LogP contribution is 2.29. The number of nitrogen functional groups attached to an aromatic ring is 1. The summed E-state index contributed by atoms with van der Waals surface area (Å²) in [6.07, 6.45) is 0.989. The first kappa shape index (κ1) is 15.2. The summed E-state index contributed by atoms with van der Waals surface area (Å²) in [5.74, 6) is -0.206. The van der Waals surface area contributed by atoms with Gasteiger partial charge in [-0.15, -0.1) is 0 Å².